The summed E-state index contributed by atoms with van der Waals surface area (Å²) in [4.78, 5) is 12.5. The molecule has 11 heteroatoms. The van der Waals surface area contributed by atoms with Crippen molar-refractivity contribution < 1.29 is 70.7 Å². The van der Waals surface area contributed by atoms with Crippen LogP contribution in [0.3, 0.4) is 0 Å². The monoisotopic (exact) mass is 634 g/mol. The van der Waals surface area contributed by atoms with Gasteiger partial charge in [-0.15, -0.1) is 0 Å². The maximum absolute atomic E-state index is 12.5. The number of fused-ring (bicyclic) bond motifs is 1. The molecular formula is C27H36Co2O8Si. The van der Waals surface area contributed by atoms with Crippen molar-refractivity contribution in [3.63, 3.8) is 0 Å². The van der Waals surface area contributed by atoms with Gasteiger partial charge in [0.1, 0.15) is 5.78 Å². The molecule has 38 heavy (non-hydrogen) atoms. The molecule has 0 saturated heterocycles. The third-order valence-corrected chi connectivity index (χ3v) is 12.7. The Labute approximate surface area is 250 Å². The summed E-state index contributed by atoms with van der Waals surface area (Å²) in [6, 6.07) is 0. The molecule has 0 unspecified atom stereocenters. The standard InChI is InChI=1S/C21H36O2Si.6CO.2Co/c1-16(2)24(17(3)4,18(5)6)23-21-14-10-9-12-19(21)11-7-8-13-20(22)15-21;6*1-2;;/h16-19H,9-15H2,1-6H3;;;;;;;;/t19-,21-;;;;;;;;/m0......../s1. The SMILES string of the molecule is CC(C)[Si](O[C@]12CCCC[C@@H]1C[C]=[C]CC(=O)C2)(C(C)C)C(C)C.[C-]#[O+].[C-]#[O+].[C-]#[O+].[C-]#[O+].[C-]#[O+].[C-]#[O+].[Co].[Co]. The average Bonchev–Trinajstić information content (AvgIpc) is 2.91. The molecule has 2 aliphatic rings. The summed E-state index contributed by atoms with van der Waals surface area (Å²) < 4.78 is 52.3. The number of ketones is 1. The van der Waals surface area contributed by atoms with Crippen LogP contribution < -0.4 is 0 Å². The van der Waals surface area contributed by atoms with Crippen molar-refractivity contribution >= 4 is 14.1 Å². The van der Waals surface area contributed by atoms with E-state index in [0.717, 1.165) is 12.8 Å². The average molecular weight is 635 g/mol. The van der Waals surface area contributed by atoms with Gasteiger partial charge in [0.2, 0.25) is 8.32 Å². The van der Waals surface area contributed by atoms with E-state index in [9.17, 15) is 4.79 Å². The molecule has 0 amide bonds. The Bertz CT molecular complexity index is 656. The Morgan fingerprint density at radius 3 is 1.53 bits per heavy atom. The summed E-state index contributed by atoms with van der Waals surface area (Å²) in [5.74, 6) is 0.722. The summed E-state index contributed by atoms with van der Waals surface area (Å²) in [5.41, 5.74) is 1.43. The second-order valence-electron chi connectivity index (χ2n) is 8.88. The Balaban J connectivity index is -0.000000121. The first-order chi connectivity index (χ1) is 17.2. The van der Waals surface area contributed by atoms with Crippen molar-refractivity contribution in [2.45, 2.75) is 109 Å². The summed E-state index contributed by atoms with van der Waals surface area (Å²) in [5, 5.41) is 0. The van der Waals surface area contributed by atoms with Gasteiger partial charge in [-0.1, -0.05) is 54.4 Å². The summed E-state index contributed by atoms with van der Waals surface area (Å²) in [6.07, 6.45) is 12.9. The first-order valence-corrected chi connectivity index (χ1v) is 13.3. The number of carbonyl (C=O) groups is 1. The largest absolute Gasteiger partial charge is 0 e. The maximum Gasteiger partial charge on any atom is 0 e. The van der Waals surface area contributed by atoms with Crippen LogP contribution in [0.4, 0.5) is 0 Å². The minimum atomic E-state index is -2.00. The molecule has 214 valence electrons. The van der Waals surface area contributed by atoms with Crippen LogP contribution in [0.5, 0.6) is 0 Å². The van der Waals surface area contributed by atoms with E-state index < -0.39 is 8.32 Å². The molecule has 0 aliphatic heterocycles. The number of rotatable bonds is 5. The van der Waals surface area contributed by atoms with E-state index in [0.29, 0.717) is 35.4 Å². The van der Waals surface area contributed by atoms with Gasteiger partial charge in [-0.25, -0.2) is 0 Å². The van der Waals surface area contributed by atoms with Crippen LogP contribution in [-0.2, 0) is 70.7 Å². The van der Waals surface area contributed by atoms with Crippen molar-refractivity contribution in [2.75, 3.05) is 0 Å². The number of allylic oxidation sites excluding steroid dienone is 2. The summed E-state index contributed by atoms with van der Waals surface area (Å²) >= 11 is 0. The summed E-state index contributed by atoms with van der Waals surface area (Å²) in [7, 11) is -2.00. The zero-order valence-corrected chi connectivity index (χ0v) is 25.8. The molecule has 0 bridgehead atoms. The van der Waals surface area contributed by atoms with Crippen LogP contribution >= 0.6 is 0 Å². The normalized spacial score (nSPS) is 18.7. The van der Waals surface area contributed by atoms with Gasteiger partial charge in [-0.3, -0.25) is 4.79 Å². The van der Waals surface area contributed by atoms with Crippen molar-refractivity contribution in [1.82, 2.24) is 0 Å². The second kappa shape index (κ2) is 34.1. The van der Waals surface area contributed by atoms with Gasteiger partial charge in [-0.2, -0.15) is 0 Å². The van der Waals surface area contributed by atoms with E-state index in [4.69, 9.17) is 32.3 Å². The summed E-state index contributed by atoms with van der Waals surface area (Å²) in [6.45, 7) is 41.0. The van der Waals surface area contributed by atoms with Gasteiger partial charge >= 0.3 is 67.8 Å². The zero-order chi connectivity index (χ0) is 30.0. The maximum atomic E-state index is 12.5. The number of hydrogen-bond acceptors (Lipinski definition) is 2. The van der Waals surface area contributed by atoms with Crippen LogP contribution in [0.15, 0.2) is 0 Å². The van der Waals surface area contributed by atoms with Crippen LogP contribution in [0, 0.1) is 58.0 Å². The molecule has 0 spiro atoms. The quantitative estimate of drug-likeness (QED) is 0.214. The first-order valence-electron chi connectivity index (χ1n) is 11.1. The third-order valence-electron chi connectivity index (χ3n) is 6.49. The predicted octanol–water partition coefficient (Wildman–Crippen LogP) is 5.79. The number of Topliss-reactive ketones (excluding diaryl/α,β-unsaturated/α-hetero) is 1. The van der Waals surface area contributed by atoms with Crippen molar-refractivity contribution in [3.8, 4) is 0 Å². The Kier molecular flexibility index (Phi) is 47.8. The molecule has 0 heterocycles. The van der Waals surface area contributed by atoms with Gasteiger partial charge in [-0.05, 0) is 54.0 Å². The Hall–Kier alpha value is -0.960. The van der Waals surface area contributed by atoms with Gasteiger partial charge < -0.3 is 4.43 Å². The van der Waals surface area contributed by atoms with Crippen LogP contribution in [-0.4, -0.2) is 19.7 Å². The number of carbonyl (C=O) groups excluding carboxylic acids is 1. The van der Waals surface area contributed by atoms with E-state index in [-0.39, 0.29) is 44.9 Å². The molecule has 4 radical (unpaired) electrons. The fourth-order valence-electron chi connectivity index (χ4n) is 5.43. The molecular weight excluding hydrogens is 598 g/mol. The van der Waals surface area contributed by atoms with Crippen LogP contribution in [0.1, 0.15) is 86.5 Å². The molecule has 1 saturated carbocycles. The zero-order valence-electron chi connectivity index (χ0n) is 22.7. The molecule has 0 N–H and O–H groups in total. The van der Waals surface area contributed by atoms with E-state index in [2.05, 4.69) is 93.6 Å². The van der Waals surface area contributed by atoms with Gasteiger partial charge in [0.05, 0.1) is 5.60 Å². The van der Waals surface area contributed by atoms with Crippen LogP contribution in [0.25, 0.3) is 0 Å². The van der Waals surface area contributed by atoms with E-state index in [1.807, 2.05) is 0 Å². The second-order valence-corrected chi connectivity index (χ2v) is 14.3. The first kappa shape index (κ1) is 53.3. The molecule has 8 nitrogen and oxygen atoms in total. The number of hydrogen-bond donors (Lipinski definition) is 0. The minimum absolute atomic E-state index is 0. The third kappa shape index (κ3) is 16.9. The minimum Gasteiger partial charge on any atom is 0 e. The molecule has 2 rings (SSSR count). The van der Waals surface area contributed by atoms with Gasteiger partial charge in [0.25, 0.3) is 0 Å². The molecule has 0 aromatic heterocycles. The molecule has 1 fully saturated rings. The topological polar surface area (TPSA) is 146 Å². The van der Waals surface area contributed by atoms with Crippen molar-refractivity contribution in [2.24, 2.45) is 5.92 Å². The molecule has 0 aromatic carbocycles. The van der Waals surface area contributed by atoms with E-state index in [1.165, 1.54) is 19.3 Å². The van der Waals surface area contributed by atoms with E-state index in [1.54, 1.807) is 0 Å². The predicted molar refractivity (Wildman–Crippen MR) is 126 cm³/mol. The van der Waals surface area contributed by atoms with Crippen molar-refractivity contribution in [3.05, 3.63) is 52.1 Å². The Morgan fingerprint density at radius 1 is 0.763 bits per heavy atom. The van der Waals surface area contributed by atoms with Gasteiger partial charge in [0, 0.05) is 46.4 Å². The van der Waals surface area contributed by atoms with Crippen molar-refractivity contribution in [1.29, 1.82) is 0 Å². The molecule has 0 aromatic rings. The molecule has 2 aliphatic carbocycles. The van der Waals surface area contributed by atoms with Gasteiger partial charge in [0.15, 0.2) is 0 Å². The fourth-order valence-corrected chi connectivity index (χ4v) is 11.2. The van der Waals surface area contributed by atoms with Crippen LogP contribution in [0.2, 0.25) is 16.6 Å². The smallest absolute Gasteiger partial charge is 0 e. The van der Waals surface area contributed by atoms with E-state index >= 15 is 0 Å². The fraction of sp³-hybridized carbons (Fsp3) is 0.667. The molecule has 2 atom stereocenters. The Morgan fingerprint density at radius 2 is 1.16 bits per heavy atom.